The van der Waals surface area contributed by atoms with Crippen LogP contribution in [0, 0.1) is 11.7 Å². The molecule has 2 aliphatic heterocycles. The molecule has 6 rings (SSSR count). The van der Waals surface area contributed by atoms with Crippen molar-refractivity contribution in [2.45, 2.75) is 44.2 Å². The summed E-state index contributed by atoms with van der Waals surface area (Å²) in [6, 6.07) is 7.14. The number of anilines is 1. The van der Waals surface area contributed by atoms with Gasteiger partial charge in [0.1, 0.15) is 17.2 Å². The minimum Gasteiger partial charge on any atom is -0.349 e. The van der Waals surface area contributed by atoms with Gasteiger partial charge in [-0.3, -0.25) is 4.79 Å². The van der Waals surface area contributed by atoms with Gasteiger partial charge in [0.15, 0.2) is 5.65 Å². The van der Waals surface area contributed by atoms with Gasteiger partial charge in [-0.2, -0.15) is 5.10 Å². The van der Waals surface area contributed by atoms with Crippen molar-refractivity contribution >= 4 is 17.4 Å². The van der Waals surface area contributed by atoms with Gasteiger partial charge in [0.05, 0.1) is 11.7 Å². The maximum absolute atomic E-state index is 14.3. The number of halogens is 1. The Balaban J connectivity index is 1.57. The monoisotopic (exact) mass is 391 g/mol. The summed E-state index contributed by atoms with van der Waals surface area (Å²) in [4.78, 5) is 20.0. The van der Waals surface area contributed by atoms with Crippen LogP contribution in [0.3, 0.4) is 0 Å². The fourth-order valence-corrected chi connectivity index (χ4v) is 5.35. The summed E-state index contributed by atoms with van der Waals surface area (Å²) in [6.45, 7) is 2.89. The van der Waals surface area contributed by atoms with Crippen molar-refractivity contribution in [3.63, 3.8) is 0 Å². The molecular weight excluding hydrogens is 369 g/mol. The highest BCUT2D eigenvalue weighted by Gasteiger charge is 2.64. The summed E-state index contributed by atoms with van der Waals surface area (Å²) in [5.74, 6) is 1.00. The predicted molar refractivity (Wildman–Crippen MR) is 106 cm³/mol. The highest BCUT2D eigenvalue weighted by molar-refractivity contribution is 5.99. The van der Waals surface area contributed by atoms with E-state index in [1.807, 2.05) is 25.3 Å². The molecule has 1 spiro atoms. The van der Waals surface area contributed by atoms with Gasteiger partial charge in [0.2, 0.25) is 0 Å². The number of nitrogens with one attached hydrogen (secondary N) is 1. The molecule has 2 bridgehead atoms. The molecule has 7 heteroatoms. The van der Waals surface area contributed by atoms with Gasteiger partial charge in [-0.25, -0.2) is 13.9 Å². The Morgan fingerprint density at radius 1 is 1.28 bits per heavy atom. The normalized spacial score (nSPS) is 28.1. The molecular formula is C22H22FN5O. The molecule has 1 N–H and O–H groups in total. The lowest BCUT2D eigenvalue weighted by molar-refractivity contribution is 0.0940. The Kier molecular flexibility index (Phi) is 3.38. The molecule has 3 aromatic rings. The van der Waals surface area contributed by atoms with Crippen LogP contribution in [0.1, 0.15) is 47.7 Å². The van der Waals surface area contributed by atoms with Crippen LogP contribution in [0.2, 0.25) is 0 Å². The fourth-order valence-electron chi connectivity index (χ4n) is 5.35. The van der Waals surface area contributed by atoms with Crippen LogP contribution in [-0.2, 0) is 12.0 Å². The number of amides is 1. The smallest absolute Gasteiger partial charge is 0.256 e. The maximum atomic E-state index is 14.3. The molecule has 4 heterocycles. The third-order valence-electron chi connectivity index (χ3n) is 6.89. The first-order valence-corrected chi connectivity index (χ1v) is 10.3. The number of carbonyl (C=O) groups is 1. The molecule has 0 radical (unpaired) electrons. The van der Waals surface area contributed by atoms with E-state index in [0.29, 0.717) is 17.1 Å². The van der Waals surface area contributed by atoms with Gasteiger partial charge in [0, 0.05) is 18.8 Å². The number of nitrogens with zero attached hydrogens (tertiary/aromatic N) is 4. The Hall–Kier alpha value is -2.96. The van der Waals surface area contributed by atoms with Gasteiger partial charge >= 0.3 is 0 Å². The lowest BCUT2D eigenvalue weighted by atomic mass is 9.92. The summed E-state index contributed by atoms with van der Waals surface area (Å²) >= 11 is 0. The predicted octanol–water partition coefficient (Wildman–Crippen LogP) is 3.06. The van der Waals surface area contributed by atoms with Crippen molar-refractivity contribution in [2.24, 2.45) is 5.92 Å². The molecule has 1 aromatic carbocycles. The van der Waals surface area contributed by atoms with Crippen LogP contribution in [0.5, 0.6) is 0 Å². The van der Waals surface area contributed by atoms with Gasteiger partial charge in [-0.15, -0.1) is 0 Å². The standard InChI is InChI=1S/C22H22FN5O/c1-13-2-3-14-4-5-16(23)10-18(14)22-11-15(22)6-8-27(22)19-7-9-28-20(26-19)17(12-24-28)21(29)25-13/h4-5,7,9-10,12-13,15H,2-3,6,8,11H2,1H3,(H,25,29). The quantitative estimate of drug-likeness (QED) is 0.640. The van der Waals surface area contributed by atoms with Crippen molar-refractivity contribution < 1.29 is 9.18 Å². The van der Waals surface area contributed by atoms with Crippen LogP contribution >= 0.6 is 0 Å². The average Bonchev–Trinajstić information content (AvgIpc) is 3.09. The minimum absolute atomic E-state index is 0.00790. The SMILES string of the molecule is CC1CCc2ccc(F)cc2C23CC2CCN3c2ccn3ncc(c3n2)C(=O)N1. The Morgan fingerprint density at radius 3 is 3.03 bits per heavy atom. The molecule has 3 unspecified atom stereocenters. The fraction of sp³-hybridized carbons (Fsp3) is 0.409. The largest absolute Gasteiger partial charge is 0.349 e. The van der Waals surface area contributed by atoms with Crippen molar-refractivity contribution in [2.75, 3.05) is 11.4 Å². The van der Waals surface area contributed by atoms with Crippen LogP contribution < -0.4 is 10.2 Å². The molecule has 1 saturated carbocycles. The molecule has 1 aliphatic carbocycles. The number of piperidine rings is 1. The third kappa shape index (κ3) is 2.36. The van der Waals surface area contributed by atoms with E-state index in [-0.39, 0.29) is 23.3 Å². The first-order chi connectivity index (χ1) is 14.1. The summed E-state index contributed by atoms with van der Waals surface area (Å²) in [5, 5.41) is 7.36. The minimum atomic E-state index is -0.192. The van der Waals surface area contributed by atoms with Crippen molar-refractivity contribution in [3.8, 4) is 0 Å². The van der Waals surface area contributed by atoms with Crippen molar-refractivity contribution in [3.05, 3.63) is 59.2 Å². The first kappa shape index (κ1) is 16.9. The van der Waals surface area contributed by atoms with E-state index in [2.05, 4.69) is 15.3 Å². The Morgan fingerprint density at radius 2 is 2.17 bits per heavy atom. The number of fused-ring (bicyclic) bond motifs is 3. The zero-order chi connectivity index (χ0) is 19.8. The molecule has 148 valence electrons. The van der Waals surface area contributed by atoms with Gasteiger partial charge in [-0.1, -0.05) is 6.07 Å². The summed E-state index contributed by atoms with van der Waals surface area (Å²) in [5.41, 5.74) is 3.13. The van der Waals surface area contributed by atoms with E-state index in [0.717, 1.165) is 43.6 Å². The van der Waals surface area contributed by atoms with Crippen LogP contribution in [0.15, 0.2) is 36.7 Å². The molecule has 3 atom stereocenters. The van der Waals surface area contributed by atoms with E-state index in [1.165, 1.54) is 5.56 Å². The van der Waals surface area contributed by atoms with Crippen molar-refractivity contribution in [1.29, 1.82) is 0 Å². The average molecular weight is 391 g/mol. The van der Waals surface area contributed by atoms with Gasteiger partial charge in [0.25, 0.3) is 5.91 Å². The lowest BCUT2D eigenvalue weighted by Crippen LogP contribution is -2.34. The Labute approximate surface area is 167 Å². The number of carbonyl (C=O) groups excluding carboxylic acids is 1. The van der Waals surface area contributed by atoms with Gasteiger partial charge in [-0.05, 0) is 67.9 Å². The van der Waals surface area contributed by atoms with E-state index >= 15 is 0 Å². The number of aryl methyl sites for hydroxylation is 1. The molecule has 2 fully saturated rings. The molecule has 1 amide bonds. The van der Waals surface area contributed by atoms with Gasteiger partial charge < -0.3 is 10.2 Å². The second kappa shape index (κ2) is 5.78. The molecule has 6 nitrogen and oxygen atoms in total. The number of hydrogen-bond donors (Lipinski definition) is 1. The first-order valence-electron chi connectivity index (χ1n) is 10.3. The highest BCUT2D eigenvalue weighted by atomic mass is 19.1. The highest BCUT2D eigenvalue weighted by Crippen LogP contribution is 2.64. The number of benzene rings is 1. The summed E-state index contributed by atoms with van der Waals surface area (Å²) in [6.07, 6.45) is 7.13. The summed E-state index contributed by atoms with van der Waals surface area (Å²) in [7, 11) is 0. The van der Waals surface area contributed by atoms with E-state index in [4.69, 9.17) is 4.98 Å². The van der Waals surface area contributed by atoms with Crippen molar-refractivity contribution in [1.82, 2.24) is 19.9 Å². The number of rotatable bonds is 0. The second-order valence-corrected chi connectivity index (χ2v) is 8.59. The maximum Gasteiger partial charge on any atom is 0.256 e. The van der Waals surface area contributed by atoms with Crippen LogP contribution in [0.4, 0.5) is 10.2 Å². The summed E-state index contributed by atoms with van der Waals surface area (Å²) < 4.78 is 15.9. The van der Waals surface area contributed by atoms with E-state index in [1.54, 1.807) is 22.8 Å². The molecule has 29 heavy (non-hydrogen) atoms. The zero-order valence-corrected chi connectivity index (χ0v) is 16.2. The molecule has 3 aliphatic rings. The number of hydrogen-bond acceptors (Lipinski definition) is 4. The van der Waals surface area contributed by atoms with E-state index < -0.39 is 0 Å². The number of aromatic nitrogens is 3. The Bertz CT molecular complexity index is 1160. The molecule has 2 aromatic heterocycles. The van der Waals surface area contributed by atoms with Crippen LogP contribution in [-0.4, -0.2) is 33.1 Å². The lowest BCUT2D eigenvalue weighted by Gasteiger charge is -2.31. The molecule has 1 saturated heterocycles. The van der Waals surface area contributed by atoms with E-state index in [9.17, 15) is 9.18 Å². The van der Waals surface area contributed by atoms with Crippen LogP contribution in [0.25, 0.3) is 5.65 Å². The zero-order valence-electron chi connectivity index (χ0n) is 16.2. The third-order valence-corrected chi connectivity index (χ3v) is 6.89. The second-order valence-electron chi connectivity index (χ2n) is 8.59. The topological polar surface area (TPSA) is 62.5 Å².